The summed E-state index contributed by atoms with van der Waals surface area (Å²) in [6.45, 7) is 8.84. The predicted molar refractivity (Wildman–Crippen MR) is 116 cm³/mol. The molecular weight excluding hydrogens is 378 g/mol. The summed E-state index contributed by atoms with van der Waals surface area (Å²) in [5.74, 6) is 0.472. The van der Waals surface area contributed by atoms with E-state index >= 15 is 0 Å². The molecule has 1 N–H and O–H groups in total. The minimum atomic E-state index is -0.285. The molecule has 0 unspecified atom stereocenters. The third-order valence-corrected chi connectivity index (χ3v) is 6.09. The number of esters is 1. The van der Waals surface area contributed by atoms with Crippen LogP contribution >= 0.6 is 0 Å². The number of nitrogens with one attached hydrogen (secondary N) is 1. The van der Waals surface area contributed by atoms with Crippen LogP contribution in [0.15, 0.2) is 24.3 Å². The van der Waals surface area contributed by atoms with Crippen LogP contribution in [0.4, 0.5) is 0 Å². The molecule has 1 atom stereocenters. The molecule has 2 aromatic rings. The van der Waals surface area contributed by atoms with Gasteiger partial charge in [0, 0.05) is 12.1 Å². The average molecular weight is 412 g/mol. The zero-order valence-electron chi connectivity index (χ0n) is 18.4. The van der Waals surface area contributed by atoms with E-state index in [1.165, 1.54) is 0 Å². The molecule has 6 nitrogen and oxygen atoms in total. The molecule has 0 radical (unpaired) electrons. The Kier molecular flexibility index (Phi) is 6.14. The van der Waals surface area contributed by atoms with Crippen LogP contribution in [0.3, 0.4) is 0 Å². The van der Waals surface area contributed by atoms with Gasteiger partial charge in [-0.05, 0) is 56.2 Å². The quantitative estimate of drug-likeness (QED) is 0.549. The van der Waals surface area contributed by atoms with Crippen molar-refractivity contribution < 1.29 is 14.3 Å². The molecule has 1 aliphatic heterocycles. The number of aromatic nitrogens is 2. The van der Waals surface area contributed by atoms with Crippen LogP contribution in [-0.4, -0.2) is 41.6 Å². The molecule has 1 fully saturated rings. The molecule has 1 saturated heterocycles. The Morgan fingerprint density at radius 2 is 2.17 bits per heavy atom. The first-order valence-corrected chi connectivity index (χ1v) is 11.2. The van der Waals surface area contributed by atoms with Crippen molar-refractivity contribution in [2.24, 2.45) is 5.41 Å². The summed E-state index contributed by atoms with van der Waals surface area (Å²) in [5, 5.41) is 8.23. The van der Waals surface area contributed by atoms with Crippen LogP contribution in [0.2, 0.25) is 0 Å². The van der Waals surface area contributed by atoms with Crippen LogP contribution in [0, 0.1) is 5.41 Å². The number of benzene rings is 1. The van der Waals surface area contributed by atoms with Gasteiger partial charge in [0.2, 0.25) is 0 Å². The normalized spacial score (nSPS) is 20.0. The van der Waals surface area contributed by atoms with E-state index in [1.54, 1.807) is 4.68 Å². The summed E-state index contributed by atoms with van der Waals surface area (Å²) in [7, 11) is 0. The number of hydrogen-bond donors (Lipinski definition) is 1. The molecule has 1 aromatic heterocycles. The zero-order valence-corrected chi connectivity index (χ0v) is 18.4. The topological polar surface area (TPSA) is 65.4 Å². The van der Waals surface area contributed by atoms with E-state index in [9.17, 15) is 4.79 Å². The van der Waals surface area contributed by atoms with Crippen LogP contribution in [0.5, 0.6) is 5.75 Å². The van der Waals surface area contributed by atoms with Crippen LogP contribution in [0.25, 0.3) is 5.69 Å². The lowest BCUT2D eigenvalue weighted by Crippen LogP contribution is -2.24. The Bertz CT molecular complexity index is 897. The highest BCUT2D eigenvalue weighted by Crippen LogP contribution is 2.38. The molecule has 0 bridgehead atoms. The fourth-order valence-electron chi connectivity index (χ4n) is 4.31. The van der Waals surface area contributed by atoms with Crippen molar-refractivity contribution in [2.45, 2.75) is 65.4 Å². The lowest BCUT2D eigenvalue weighted by Gasteiger charge is -2.28. The van der Waals surface area contributed by atoms with Crippen molar-refractivity contribution in [1.29, 1.82) is 0 Å². The van der Waals surface area contributed by atoms with Crippen molar-refractivity contribution in [3.8, 4) is 11.4 Å². The van der Waals surface area contributed by atoms with E-state index in [-0.39, 0.29) is 17.5 Å². The van der Waals surface area contributed by atoms with Gasteiger partial charge in [-0.3, -0.25) is 0 Å². The second kappa shape index (κ2) is 8.80. The number of carbonyl (C=O) groups excluding carboxylic acids is 1. The number of ether oxygens (including phenoxy) is 2. The molecule has 1 aromatic carbocycles. The van der Waals surface area contributed by atoms with Crippen LogP contribution in [-0.2, 0) is 17.6 Å². The standard InChI is InChI=1S/C24H33N3O3/c1-4-5-14-29-23(28)22-18-15-24(2,3)12-10-19(18)26-27(22)20-8-6-7-9-21(20)30-17-11-13-25-16-17/h6-9,17,25H,4-5,10-16H2,1-3H3/t17-/m0/s1. The van der Waals surface area contributed by atoms with Crippen molar-refractivity contribution in [1.82, 2.24) is 15.1 Å². The second-order valence-electron chi connectivity index (χ2n) is 9.22. The Hall–Kier alpha value is -2.34. The van der Waals surface area contributed by atoms with Crippen LogP contribution in [0.1, 0.15) is 68.2 Å². The highest BCUT2D eigenvalue weighted by molar-refractivity contribution is 5.90. The van der Waals surface area contributed by atoms with Gasteiger partial charge in [-0.15, -0.1) is 0 Å². The first kappa shape index (κ1) is 20.9. The lowest BCUT2D eigenvalue weighted by atomic mass is 9.76. The fraction of sp³-hybridized carbons (Fsp3) is 0.583. The molecule has 4 rings (SSSR count). The van der Waals surface area contributed by atoms with Gasteiger partial charge in [0.15, 0.2) is 5.69 Å². The zero-order chi connectivity index (χ0) is 21.1. The Morgan fingerprint density at radius 3 is 2.93 bits per heavy atom. The lowest BCUT2D eigenvalue weighted by molar-refractivity contribution is 0.0487. The molecule has 162 valence electrons. The monoisotopic (exact) mass is 411 g/mol. The van der Waals surface area contributed by atoms with E-state index < -0.39 is 0 Å². The van der Waals surface area contributed by atoms with Crippen molar-refractivity contribution in [3.63, 3.8) is 0 Å². The van der Waals surface area contributed by atoms with Gasteiger partial charge in [-0.25, -0.2) is 9.48 Å². The number of unbranched alkanes of at least 4 members (excludes halogenated alkanes) is 1. The first-order chi connectivity index (χ1) is 14.5. The molecule has 1 aliphatic carbocycles. The average Bonchev–Trinajstić information content (AvgIpc) is 3.35. The molecule has 0 saturated carbocycles. The Labute approximate surface area is 178 Å². The second-order valence-corrected chi connectivity index (χ2v) is 9.22. The van der Waals surface area contributed by atoms with E-state index in [2.05, 4.69) is 26.1 Å². The smallest absolute Gasteiger partial charge is 0.357 e. The van der Waals surface area contributed by atoms with Crippen molar-refractivity contribution in [2.75, 3.05) is 19.7 Å². The maximum absolute atomic E-state index is 13.2. The Balaban J connectivity index is 1.74. The maximum atomic E-state index is 13.2. The van der Waals surface area contributed by atoms with Crippen molar-refractivity contribution >= 4 is 5.97 Å². The molecule has 0 spiro atoms. The highest BCUT2D eigenvalue weighted by Gasteiger charge is 2.34. The third-order valence-electron chi connectivity index (χ3n) is 6.09. The summed E-state index contributed by atoms with van der Waals surface area (Å²) >= 11 is 0. The maximum Gasteiger partial charge on any atom is 0.357 e. The number of carbonyl (C=O) groups is 1. The van der Waals surface area contributed by atoms with Gasteiger partial charge in [0.25, 0.3) is 0 Å². The summed E-state index contributed by atoms with van der Waals surface area (Å²) in [6, 6.07) is 7.87. The van der Waals surface area contributed by atoms with Gasteiger partial charge in [0.1, 0.15) is 17.5 Å². The largest absolute Gasteiger partial charge is 0.487 e. The number of nitrogens with zero attached hydrogens (tertiary/aromatic N) is 2. The molecular formula is C24H33N3O3. The fourth-order valence-corrected chi connectivity index (χ4v) is 4.31. The first-order valence-electron chi connectivity index (χ1n) is 11.2. The van der Waals surface area contributed by atoms with E-state index in [4.69, 9.17) is 14.6 Å². The molecule has 6 heteroatoms. The molecule has 2 aliphatic rings. The molecule has 2 heterocycles. The van der Waals surface area contributed by atoms with Crippen molar-refractivity contribution in [3.05, 3.63) is 41.2 Å². The number of aryl methyl sites for hydroxylation is 1. The summed E-state index contributed by atoms with van der Waals surface area (Å²) < 4.78 is 13.7. The number of para-hydroxylation sites is 2. The van der Waals surface area contributed by atoms with E-state index in [0.717, 1.165) is 74.3 Å². The summed E-state index contributed by atoms with van der Waals surface area (Å²) in [5.41, 5.74) is 3.55. The van der Waals surface area contributed by atoms with Crippen LogP contribution < -0.4 is 10.1 Å². The van der Waals surface area contributed by atoms with Gasteiger partial charge in [0.05, 0.1) is 12.3 Å². The number of hydrogen-bond acceptors (Lipinski definition) is 5. The Morgan fingerprint density at radius 1 is 1.33 bits per heavy atom. The minimum Gasteiger partial charge on any atom is -0.487 e. The highest BCUT2D eigenvalue weighted by atomic mass is 16.5. The number of rotatable bonds is 7. The molecule has 30 heavy (non-hydrogen) atoms. The predicted octanol–water partition coefficient (Wildman–Crippen LogP) is 4.08. The molecule has 0 amide bonds. The van der Waals surface area contributed by atoms with Gasteiger partial charge in [-0.1, -0.05) is 39.3 Å². The van der Waals surface area contributed by atoms with Gasteiger partial charge >= 0.3 is 5.97 Å². The van der Waals surface area contributed by atoms with Gasteiger partial charge < -0.3 is 14.8 Å². The number of fused-ring (bicyclic) bond motifs is 1. The minimum absolute atomic E-state index is 0.134. The SMILES string of the molecule is CCCCOC(=O)c1c2c(nn1-c1ccccc1O[C@H]1CCNC1)CCC(C)(C)C2. The van der Waals surface area contributed by atoms with Gasteiger partial charge in [-0.2, -0.15) is 5.10 Å². The summed E-state index contributed by atoms with van der Waals surface area (Å²) in [4.78, 5) is 13.2. The summed E-state index contributed by atoms with van der Waals surface area (Å²) in [6.07, 6.45) is 5.73. The third kappa shape index (κ3) is 4.38. The van der Waals surface area contributed by atoms with E-state index in [0.29, 0.717) is 12.3 Å². The van der Waals surface area contributed by atoms with E-state index in [1.807, 2.05) is 24.3 Å².